The molecule has 94 valence electrons. The first kappa shape index (κ1) is 11.7. The molecule has 0 fully saturated rings. The minimum Gasteiger partial charge on any atom is -0.398 e. The molecular weight excluding hydrogens is 268 g/mol. The summed E-state index contributed by atoms with van der Waals surface area (Å²) in [5.74, 6) is 0.622. The third-order valence-corrected chi connectivity index (χ3v) is 2.98. The zero-order valence-corrected chi connectivity index (χ0v) is 10.4. The van der Waals surface area contributed by atoms with Crippen LogP contribution < -0.4 is 4.40 Å². The topological polar surface area (TPSA) is 60.4 Å². The van der Waals surface area contributed by atoms with Gasteiger partial charge in [-0.3, -0.25) is 10.1 Å². The van der Waals surface area contributed by atoms with Gasteiger partial charge < -0.3 is 4.42 Å². The van der Waals surface area contributed by atoms with Crippen LogP contribution in [0.25, 0.3) is 17.0 Å². The molecule has 6 heteroatoms. The third kappa shape index (κ3) is 2.15. The van der Waals surface area contributed by atoms with Crippen molar-refractivity contribution in [2.75, 3.05) is 0 Å². The zero-order valence-electron chi connectivity index (χ0n) is 9.62. The van der Waals surface area contributed by atoms with E-state index in [0.29, 0.717) is 16.5 Å². The second kappa shape index (κ2) is 4.37. The van der Waals surface area contributed by atoms with Crippen LogP contribution in [0.2, 0.25) is 5.02 Å². The van der Waals surface area contributed by atoms with E-state index in [1.807, 2.05) is 12.1 Å². The van der Waals surface area contributed by atoms with Gasteiger partial charge in [-0.1, -0.05) is 11.6 Å². The number of hydrogen-bond acceptors (Lipinski definition) is 3. The fraction of sp³-hybridized carbons (Fsp3) is 0. The van der Waals surface area contributed by atoms with Gasteiger partial charge >= 0.3 is 11.4 Å². The van der Waals surface area contributed by atoms with Crippen molar-refractivity contribution in [3.05, 3.63) is 63.9 Å². The van der Waals surface area contributed by atoms with E-state index in [4.69, 9.17) is 16.0 Å². The molecule has 0 aliphatic rings. The van der Waals surface area contributed by atoms with E-state index in [9.17, 15) is 10.1 Å². The SMILES string of the molecule is O=[N+]([O-])c1ccc2oc(-c3ccc(Cl)cc3)c[n+]2c1. The van der Waals surface area contributed by atoms with Crippen LogP contribution in [0.5, 0.6) is 0 Å². The number of aromatic nitrogens is 1. The lowest BCUT2D eigenvalue weighted by atomic mass is 10.2. The number of oxazole rings is 1. The molecule has 3 rings (SSSR count). The van der Waals surface area contributed by atoms with Crippen molar-refractivity contribution in [2.24, 2.45) is 0 Å². The molecule has 0 amide bonds. The predicted molar refractivity (Wildman–Crippen MR) is 69.0 cm³/mol. The second-order valence-corrected chi connectivity index (χ2v) is 4.43. The fourth-order valence-corrected chi connectivity index (χ4v) is 1.93. The van der Waals surface area contributed by atoms with E-state index in [1.165, 1.54) is 12.3 Å². The predicted octanol–water partition coefficient (Wildman–Crippen LogP) is 3.25. The van der Waals surface area contributed by atoms with Gasteiger partial charge in [-0.2, -0.15) is 0 Å². The van der Waals surface area contributed by atoms with E-state index >= 15 is 0 Å². The average Bonchev–Trinajstić information content (AvgIpc) is 2.82. The summed E-state index contributed by atoms with van der Waals surface area (Å²) in [7, 11) is 0. The number of hydrogen-bond donors (Lipinski definition) is 0. The summed E-state index contributed by atoms with van der Waals surface area (Å²) in [5, 5.41) is 11.3. The quantitative estimate of drug-likeness (QED) is 0.410. The van der Waals surface area contributed by atoms with Crippen LogP contribution in [0.4, 0.5) is 5.69 Å². The molecule has 0 unspecified atom stereocenters. The lowest BCUT2D eigenvalue weighted by molar-refractivity contribution is -0.521. The highest BCUT2D eigenvalue weighted by Crippen LogP contribution is 2.22. The summed E-state index contributed by atoms with van der Waals surface area (Å²) in [6.07, 6.45) is 3.11. The van der Waals surface area contributed by atoms with E-state index in [-0.39, 0.29) is 5.69 Å². The Morgan fingerprint density at radius 2 is 1.84 bits per heavy atom. The number of nitro groups is 1. The van der Waals surface area contributed by atoms with Gasteiger partial charge in [0.2, 0.25) is 12.0 Å². The van der Waals surface area contributed by atoms with Crippen LogP contribution in [-0.2, 0) is 0 Å². The molecule has 19 heavy (non-hydrogen) atoms. The zero-order chi connectivity index (χ0) is 13.4. The molecule has 0 aliphatic heterocycles. The molecule has 2 aromatic heterocycles. The largest absolute Gasteiger partial charge is 0.398 e. The monoisotopic (exact) mass is 275 g/mol. The molecule has 0 atom stereocenters. The van der Waals surface area contributed by atoms with E-state index in [0.717, 1.165) is 5.56 Å². The smallest absolute Gasteiger partial charge is 0.379 e. The Labute approximate surface area is 112 Å². The Morgan fingerprint density at radius 3 is 2.53 bits per heavy atom. The van der Waals surface area contributed by atoms with Gasteiger partial charge in [0, 0.05) is 16.7 Å². The van der Waals surface area contributed by atoms with Crippen molar-refractivity contribution in [2.45, 2.75) is 0 Å². The molecule has 0 radical (unpaired) electrons. The van der Waals surface area contributed by atoms with Gasteiger partial charge in [-0.15, -0.1) is 4.40 Å². The molecule has 0 bridgehead atoms. The van der Waals surface area contributed by atoms with Crippen LogP contribution in [0.15, 0.2) is 53.2 Å². The van der Waals surface area contributed by atoms with Crippen molar-refractivity contribution in [1.82, 2.24) is 0 Å². The van der Waals surface area contributed by atoms with Crippen molar-refractivity contribution in [3.63, 3.8) is 0 Å². The van der Waals surface area contributed by atoms with Crippen LogP contribution in [-0.4, -0.2) is 4.92 Å². The number of pyridine rings is 1. The molecule has 5 nitrogen and oxygen atoms in total. The summed E-state index contributed by atoms with van der Waals surface area (Å²) in [6.45, 7) is 0. The molecule has 0 spiro atoms. The van der Waals surface area contributed by atoms with Crippen molar-refractivity contribution in [1.29, 1.82) is 0 Å². The van der Waals surface area contributed by atoms with Crippen molar-refractivity contribution < 1.29 is 13.7 Å². The molecule has 0 aliphatic carbocycles. The second-order valence-electron chi connectivity index (χ2n) is 3.99. The molecule has 0 saturated heterocycles. The van der Waals surface area contributed by atoms with Gasteiger partial charge in [0.1, 0.15) is 0 Å². The number of rotatable bonds is 2. The molecule has 1 aromatic carbocycles. The standard InChI is InChI=1S/C13H8ClN2O3/c14-10-3-1-9(2-4-10)12-8-15-7-11(16(17)18)5-6-13(15)19-12/h1-8H/q+1. The fourth-order valence-electron chi connectivity index (χ4n) is 1.80. The lowest BCUT2D eigenvalue weighted by Gasteiger charge is -1.92. The Kier molecular flexibility index (Phi) is 2.68. The molecule has 2 heterocycles. The van der Waals surface area contributed by atoms with Gasteiger partial charge in [0.05, 0.1) is 11.0 Å². The highest BCUT2D eigenvalue weighted by Gasteiger charge is 2.18. The van der Waals surface area contributed by atoms with Gasteiger partial charge in [0.15, 0.2) is 0 Å². The minimum absolute atomic E-state index is 0.0148. The summed E-state index contributed by atoms with van der Waals surface area (Å²) in [6, 6.07) is 10.2. The first-order valence-corrected chi connectivity index (χ1v) is 5.86. The molecule has 3 aromatic rings. The van der Waals surface area contributed by atoms with Crippen molar-refractivity contribution in [3.8, 4) is 11.3 Å². The first-order chi connectivity index (χ1) is 9.13. The Hall–Kier alpha value is -2.40. The number of benzene rings is 1. The summed E-state index contributed by atoms with van der Waals surface area (Å²) in [5.41, 5.74) is 1.41. The summed E-state index contributed by atoms with van der Waals surface area (Å²) < 4.78 is 7.21. The van der Waals surface area contributed by atoms with Gasteiger partial charge in [0.25, 0.3) is 6.20 Å². The van der Waals surface area contributed by atoms with E-state index in [2.05, 4.69) is 0 Å². The lowest BCUT2D eigenvalue weighted by Crippen LogP contribution is -2.17. The maximum Gasteiger partial charge on any atom is 0.379 e. The highest BCUT2D eigenvalue weighted by atomic mass is 35.5. The summed E-state index contributed by atoms with van der Waals surface area (Å²) in [4.78, 5) is 10.3. The third-order valence-electron chi connectivity index (χ3n) is 2.73. The van der Waals surface area contributed by atoms with Crippen LogP contribution >= 0.6 is 11.6 Å². The molecular formula is C13H8ClN2O3+. The van der Waals surface area contributed by atoms with E-state index < -0.39 is 4.92 Å². The normalized spacial score (nSPS) is 10.8. The van der Waals surface area contributed by atoms with Crippen molar-refractivity contribution >= 4 is 23.0 Å². The Balaban J connectivity index is 2.11. The van der Waals surface area contributed by atoms with Gasteiger partial charge in [-0.25, -0.2) is 0 Å². The Morgan fingerprint density at radius 1 is 1.11 bits per heavy atom. The first-order valence-electron chi connectivity index (χ1n) is 5.49. The number of fused-ring (bicyclic) bond motifs is 1. The molecule has 0 N–H and O–H groups in total. The maximum absolute atomic E-state index is 10.7. The highest BCUT2D eigenvalue weighted by molar-refractivity contribution is 6.30. The van der Waals surface area contributed by atoms with Crippen LogP contribution in [0.3, 0.4) is 0 Å². The number of halogens is 1. The number of nitrogens with zero attached hydrogens (tertiary/aromatic N) is 2. The van der Waals surface area contributed by atoms with E-state index in [1.54, 1.807) is 28.8 Å². The van der Waals surface area contributed by atoms with Crippen LogP contribution in [0, 0.1) is 10.1 Å². The van der Waals surface area contributed by atoms with Gasteiger partial charge in [-0.05, 0) is 24.3 Å². The molecule has 0 saturated carbocycles. The average molecular weight is 276 g/mol. The van der Waals surface area contributed by atoms with Crippen LogP contribution in [0.1, 0.15) is 0 Å². The Bertz CT molecular complexity index is 765. The summed E-state index contributed by atoms with van der Waals surface area (Å²) >= 11 is 5.82. The minimum atomic E-state index is -0.443. The maximum atomic E-state index is 10.7.